The van der Waals surface area contributed by atoms with Crippen molar-refractivity contribution in [3.8, 4) is 0 Å². The van der Waals surface area contributed by atoms with E-state index in [1.54, 1.807) is 6.92 Å². The summed E-state index contributed by atoms with van der Waals surface area (Å²) in [5.41, 5.74) is 2.10. The monoisotopic (exact) mass is 433 g/mol. The molecule has 0 bridgehead atoms. The van der Waals surface area contributed by atoms with Crippen molar-refractivity contribution in [1.82, 2.24) is 4.90 Å². The zero-order chi connectivity index (χ0) is 21.9. The Morgan fingerprint density at radius 2 is 1.29 bits per heavy atom. The van der Waals surface area contributed by atoms with Gasteiger partial charge in [-0.15, -0.1) is 11.8 Å². The van der Waals surface area contributed by atoms with E-state index in [0.717, 1.165) is 16.0 Å². The first-order valence-electron chi connectivity index (χ1n) is 10.4. The number of carbonyl (C=O) groups is 2. The van der Waals surface area contributed by atoms with E-state index in [2.05, 4.69) is 0 Å². The van der Waals surface area contributed by atoms with E-state index in [1.807, 2.05) is 95.9 Å². The Morgan fingerprint density at radius 3 is 1.77 bits per heavy atom. The zero-order valence-electron chi connectivity index (χ0n) is 17.6. The van der Waals surface area contributed by atoms with Crippen molar-refractivity contribution in [2.45, 2.75) is 36.6 Å². The molecule has 0 aliphatic heterocycles. The molecule has 3 aromatic carbocycles. The van der Waals surface area contributed by atoms with Crippen molar-refractivity contribution in [3.05, 3.63) is 102 Å². The van der Waals surface area contributed by atoms with Crippen molar-refractivity contribution >= 4 is 23.6 Å². The molecule has 5 heteroatoms. The van der Waals surface area contributed by atoms with Crippen LogP contribution in [0.4, 0.5) is 0 Å². The van der Waals surface area contributed by atoms with Gasteiger partial charge in [-0.25, -0.2) is 0 Å². The molecule has 0 spiro atoms. The van der Waals surface area contributed by atoms with Gasteiger partial charge in [-0.3, -0.25) is 9.59 Å². The van der Waals surface area contributed by atoms with Crippen LogP contribution in [0, 0.1) is 0 Å². The van der Waals surface area contributed by atoms with Crippen LogP contribution in [0.2, 0.25) is 0 Å². The van der Waals surface area contributed by atoms with E-state index in [0.29, 0.717) is 19.7 Å². The minimum Gasteiger partial charge on any atom is -0.466 e. The van der Waals surface area contributed by atoms with Crippen molar-refractivity contribution in [3.63, 3.8) is 0 Å². The molecule has 1 unspecified atom stereocenters. The van der Waals surface area contributed by atoms with Crippen LogP contribution in [-0.4, -0.2) is 28.6 Å². The minimum atomic E-state index is -0.561. The summed E-state index contributed by atoms with van der Waals surface area (Å²) >= 11 is 1.41. The molecule has 0 saturated heterocycles. The van der Waals surface area contributed by atoms with Gasteiger partial charge in [0.25, 0.3) is 0 Å². The van der Waals surface area contributed by atoms with Gasteiger partial charge in [-0.2, -0.15) is 0 Å². The Kier molecular flexibility index (Phi) is 8.73. The standard InChI is InChI=1S/C26H27NO3S/c1-2-30-25(28)18-24(31-23-16-10-5-11-17-23)26(29)27(19-21-12-6-3-7-13-21)20-22-14-8-4-9-15-22/h3-17,24H,2,18-20H2,1H3. The molecule has 0 aliphatic carbocycles. The average molecular weight is 434 g/mol. The van der Waals surface area contributed by atoms with Gasteiger partial charge in [-0.05, 0) is 30.2 Å². The van der Waals surface area contributed by atoms with Gasteiger partial charge in [0.1, 0.15) is 0 Å². The lowest BCUT2D eigenvalue weighted by atomic mass is 10.1. The van der Waals surface area contributed by atoms with Gasteiger partial charge in [0, 0.05) is 18.0 Å². The number of hydrogen-bond donors (Lipinski definition) is 0. The smallest absolute Gasteiger partial charge is 0.307 e. The maximum Gasteiger partial charge on any atom is 0.307 e. The predicted molar refractivity (Wildman–Crippen MR) is 124 cm³/mol. The van der Waals surface area contributed by atoms with Crippen molar-refractivity contribution < 1.29 is 14.3 Å². The Bertz CT molecular complexity index is 907. The molecule has 3 aromatic rings. The quantitative estimate of drug-likeness (QED) is 0.320. The van der Waals surface area contributed by atoms with E-state index in [1.165, 1.54) is 11.8 Å². The molecule has 1 amide bonds. The minimum absolute atomic E-state index is 0.0340. The van der Waals surface area contributed by atoms with Crippen LogP contribution in [-0.2, 0) is 27.4 Å². The number of thioether (sulfide) groups is 1. The predicted octanol–water partition coefficient (Wildman–Crippen LogP) is 5.33. The number of hydrogen-bond acceptors (Lipinski definition) is 4. The van der Waals surface area contributed by atoms with Crippen LogP contribution < -0.4 is 0 Å². The molecule has 0 aromatic heterocycles. The number of esters is 1. The average Bonchev–Trinajstić information content (AvgIpc) is 2.80. The van der Waals surface area contributed by atoms with Crippen molar-refractivity contribution in [1.29, 1.82) is 0 Å². The lowest BCUT2D eigenvalue weighted by Crippen LogP contribution is -2.38. The Morgan fingerprint density at radius 1 is 0.806 bits per heavy atom. The second kappa shape index (κ2) is 12.0. The van der Waals surface area contributed by atoms with Gasteiger partial charge in [0.2, 0.25) is 5.91 Å². The fourth-order valence-electron chi connectivity index (χ4n) is 3.24. The Labute approximate surface area is 188 Å². The van der Waals surface area contributed by atoms with Crippen LogP contribution in [0.15, 0.2) is 95.9 Å². The highest BCUT2D eigenvalue weighted by Gasteiger charge is 2.28. The second-order valence-electron chi connectivity index (χ2n) is 7.09. The van der Waals surface area contributed by atoms with Crippen LogP contribution in [0.3, 0.4) is 0 Å². The van der Waals surface area contributed by atoms with Crippen LogP contribution >= 0.6 is 11.8 Å². The topological polar surface area (TPSA) is 46.6 Å². The maximum atomic E-state index is 13.7. The summed E-state index contributed by atoms with van der Waals surface area (Å²) < 4.78 is 5.15. The molecule has 3 rings (SSSR count). The SMILES string of the molecule is CCOC(=O)CC(Sc1ccccc1)C(=O)N(Cc1ccccc1)Cc1ccccc1. The van der Waals surface area contributed by atoms with Gasteiger partial charge < -0.3 is 9.64 Å². The molecule has 31 heavy (non-hydrogen) atoms. The van der Waals surface area contributed by atoms with Crippen LogP contribution in [0.5, 0.6) is 0 Å². The third kappa shape index (κ3) is 7.30. The van der Waals surface area contributed by atoms with Gasteiger partial charge in [-0.1, -0.05) is 78.9 Å². The highest BCUT2D eigenvalue weighted by atomic mass is 32.2. The summed E-state index contributed by atoms with van der Waals surface area (Å²) in [5, 5.41) is -0.561. The number of ether oxygens (including phenoxy) is 1. The third-order valence-corrected chi connectivity index (χ3v) is 5.90. The first-order chi connectivity index (χ1) is 15.2. The van der Waals surface area contributed by atoms with Crippen molar-refractivity contribution in [2.24, 2.45) is 0 Å². The lowest BCUT2D eigenvalue weighted by molar-refractivity contribution is -0.145. The summed E-state index contributed by atoms with van der Waals surface area (Å²) in [6.45, 7) is 3.02. The van der Waals surface area contributed by atoms with Crippen molar-refractivity contribution in [2.75, 3.05) is 6.61 Å². The van der Waals surface area contributed by atoms with Gasteiger partial charge in [0.15, 0.2) is 0 Å². The molecule has 0 saturated carbocycles. The molecule has 1 atom stereocenters. The normalized spacial score (nSPS) is 11.5. The number of nitrogens with zero attached hydrogens (tertiary/aromatic N) is 1. The number of benzene rings is 3. The van der Waals surface area contributed by atoms with E-state index in [9.17, 15) is 9.59 Å². The van der Waals surface area contributed by atoms with Gasteiger partial charge in [0.05, 0.1) is 18.3 Å². The number of rotatable bonds is 10. The molecule has 0 radical (unpaired) electrons. The molecule has 160 valence electrons. The summed E-state index contributed by atoms with van der Waals surface area (Å²) in [4.78, 5) is 28.7. The Hall–Kier alpha value is -3.05. The summed E-state index contributed by atoms with van der Waals surface area (Å²) in [6.07, 6.45) is 0.0340. The summed E-state index contributed by atoms with van der Waals surface area (Å²) in [7, 11) is 0. The fraction of sp³-hybridized carbons (Fsp3) is 0.231. The van der Waals surface area contributed by atoms with Crippen LogP contribution in [0.1, 0.15) is 24.5 Å². The highest BCUT2D eigenvalue weighted by molar-refractivity contribution is 8.00. The van der Waals surface area contributed by atoms with Gasteiger partial charge >= 0.3 is 5.97 Å². The zero-order valence-corrected chi connectivity index (χ0v) is 18.5. The van der Waals surface area contributed by atoms with E-state index in [-0.39, 0.29) is 18.3 Å². The molecular formula is C26H27NO3S. The molecule has 0 fully saturated rings. The first-order valence-corrected chi connectivity index (χ1v) is 11.3. The van der Waals surface area contributed by atoms with E-state index >= 15 is 0 Å². The number of amides is 1. The molecule has 0 aliphatic rings. The molecule has 0 N–H and O–H groups in total. The second-order valence-corrected chi connectivity index (χ2v) is 8.37. The molecule has 4 nitrogen and oxygen atoms in total. The first kappa shape index (κ1) is 22.6. The largest absolute Gasteiger partial charge is 0.466 e. The highest BCUT2D eigenvalue weighted by Crippen LogP contribution is 2.28. The Balaban J connectivity index is 1.86. The fourth-order valence-corrected chi connectivity index (χ4v) is 4.35. The summed E-state index contributed by atoms with van der Waals surface area (Å²) in [5.74, 6) is -0.432. The third-order valence-electron chi connectivity index (χ3n) is 4.70. The van der Waals surface area contributed by atoms with Crippen LogP contribution in [0.25, 0.3) is 0 Å². The molecule has 0 heterocycles. The van der Waals surface area contributed by atoms with E-state index in [4.69, 9.17) is 4.74 Å². The van der Waals surface area contributed by atoms with E-state index < -0.39 is 5.25 Å². The molecular weight excluding hydrogens is 406 g/mol. The summed E-state index contributed by atoms with van der Waals surface area (Å²) in [6, 6.07) is 29.5. The number of carbonyl (C=O) groups excluding carboxylic acids is 2. The lowest BCUT2D eigenvalue weighted by Gasteiger charge is -2.27. The maximum absolute atomic E-state index is 13.7.